The van der Waals surface area contributed by atoms with Crippen molar-refractivity contribution in [2.24, 2.45) is 0 Å². The summed E-state index contributed by atoms with van der Waals surface area (Å²) in [5, 5.41) is 0. The zero-order valence-electron chi connectivity index (χ0n) is 9.27. The molecule has 0 amide bonds. The Morgan fingerprint density at radius 2 is 1.31 bits per heavy atom. The summed E-state index contributed by atoms with van der Waals surface area (Å²) in [7, 11) is 0. The Balaban J connectivity index is 2.32. The number of aryl methyl sites for hydroxylation is 2. The largest absolute Gasteiger partial charge is 0.285 e. The van der Waals surface area contributed by atoms with Crippen molar-refractivity contribution in [3.8, 4) is 0 Å². The summed E-state index contributed by atoms with van der Waals surface area (Å²) < 4.78 is 0. The maximum atomic E-state index is 11.9. The van der Waals surface area contributed by atoms with Gasteiger partial charge in [-0.15, -0.1) is 0 Å². The molecule has 0 N–H and O–H groups in total. The Hall–Kier alpha value is -2.03. The highest BCUT2D eigenvalue weighted by Gasteiger charge is 2.10. The van der Waals surface area contributed by atoms with Crippen molar-refractivity contribution in [2.45, 2.75) is 13.8 Å². The van der Waals surface area contributed by atoms with Gasteiger partial charge in [0.05, 0.1) is 0 Å². The topological polar surface area (TPSA) is 42.9 Å². The van der Waals surface area contributed by atoms with Crippen LogP contribution in [0, 0.1) is 13.8 Å². The van der Waals surface area contributed by atoms with E-state index in [1.807, 2.05) is 26.0 Å². The number of ketones is 1. The number of hydrogen-bond acceptors (Lipinski definition) is 3. The van der Waals surface area contributed by atoms with Crippen LogP contribution < -0.4 is 0 Å². The second kappa shape index (κ2) is 4.23. The van der Waals surface area contributed by atoms with E-state index in [0.717, 1.165) is 11.1 Å². The molecule has 80 valence electrons. The zero-order valence-corrected chi connectivity index (χ0v) is 9.27. The monoisotopic (exact) mass is 212 g/mol. The van der Waals surface area contributed by atoms with Crippen LogP contribution in [0.5, 0.6) is 0 Å². The van der Waals surface area contributed by atoms with E-state index in [4.69, 9.17) is 0 Å². The number of rotatable bonds is 2. The molecule has 3 heteroatoms. The first-order chi connectivity index (χ1) is 7.66. The van der Waals surface area contributed by atoms with E-state index >= 15 is 0 Å². The number of carbonyl (C=O) groups is 1. The first-order valence-electron chi connectivity index (χ1n) is 5.07. The normalized spacial score (nSPS) is 10.1. The van der Waals surface area contributed by atoms with Crippen molar-refractivity contribution in [1.82, 2.24) is 9.97 Å². The zero-order chi connectivity index (χ0) is 11.5. The van der Waals surface area contributed by atoms with Crippen LogP contribution in [0.1, 0.15) is 27.3 Å². The summed E-state index contributed by atoms with van der Waals surface area (Å²) in [5.74, 6) is -0.139. The maximum Gasteiger partial charge on any atom is 0.229 e. The third-order valence-electron chi connectivity index (χ3n) is 2.29. The molecule has 0 aliphatic rings. The molecule has 0 aromatic carbocycles. The Labute approximate surface area is 94.2 Å². The van der Waals surface area contributed by atoms with E-state index in [2.05, 4.69) is 9.97 Å². The van der Waals surface area contributed by atoms with Crippen LogP contribution in [0.2, 0.25) is 0 Å². The second-order valence-corrected chi connectivity index (χ2v) is 3.77. The van der Waals surface area contributed by atoms with Gasteiger partial charge < -0.3 is 0 Å². The van der Waals surface area contributed by atoms with Crippen molar-refractivity contribution >= 4 is 5.78 Å². The van der Waals surface area contributed by atoms with E-state index in [9.17, 15) is 4.79 Å². The van der Waals surface area contributed by atoms with Gasteiger partial charge in [-0.3, -0.25) is 14.8 Å². The van der Waals surface area contributed by atoms with Crippen molar-refractivity contribution in [3.05, 3.63) is 59.2 Å². The minimum Gasteiger partial charge on any atom is -0.285 e. The summed E-state index contributed by atoms with van der Waals surface area (Å²) in [6.45, 7) is 3.87. The van der Waals surface area contributed by atoms with Gasteiger partial charge in [0.1, 0.15) is 11.4 Å². The van der Waals surface area contributed by atoms with E-state index in [1.54, 1.807) is 24.5 Å². The van der Waals surface area contributed by atoms with E-state index in [-0.39, 0.29) is 5.78 Å². The SMILES string of the molecule is Cc1ccc(C(=O)c2ccc(C)cn2)nc1. The number of nitrogens with zero attached hydrogens (tertiary/aromatic N) is 2. The van der Waals surface area contributed by atoms with Crippen LogP contribution in [0.4, 0.5) is 0 Å². The molecule has 0 radical (unpaired) electrons. The minimum absolute atomic E-state index is 0.139. The first-order valence-corrected chi connectivity index (χ1v) is 5.07. The second-order valence-electron chi connectivity index (χ2n) is 3.77. The minimum atomic E-state index is -0.139. The van der Waals surface area contributed by atoms with Crippen molar-refractivity contribution in [3.63, 3.8) is 0 Å². The van der Waals surface area contributed by atoms with Crippen LogP contribution in [0.3, 0.4) is 0 Å². The van der Waals surface area contributed by atoms with Gasteiger partial charge >= 0.3 is 0 Å². The summed E-state index contributed by atoms with van der Waals surface area (Å²) in [6.07, 6.45) is 3.36. The maximum absolute atomic E-state index is 11.9. The van der Waals surface area contributed by atoms with E-state index in [0.29, 0.717) is 11.4 Å². The average molecular weight is 212 g/mol. The summed E-state index contributed by atoms with van der Waals surface area (Å²) in [6, 6.07) is 7.18. The molecule has 2 aromatic heterocycles. The molecule has 2 aromatic rings. The van der Waals surface area contributed by atoms with Gasteiger partial charge in [-0.25, -0.2) is 0 Å². The third-order valence-corrected chi connectivity index (χ3v) is 2.29. The van der Waals surface area contributed by atoms with Crippen molar-refractivity contribution in [2.75, 3.05) is 0 Å². The van der Waals surface area contributed by atoms with Crippen LogP contribution in [-0.2, 0) is 0 Å². The fraction of sp³-hybridized carbons (Fsp3) is 0.154. The molecule has 0 spiro atoms. The number of aromatic nitrogens is 2. The van der Waals surface area contributed by atoms with Crippen molar-refractivity contribution < 1.29 is 4.79 Å². The molecule has 3 nitrogen and oxygen atoms in total. The molecule has 0 atom stereocenters. The summed E-state index contributed by atoms with van der Waals surface area (Å²) >= 11 is 0. The molecule has 2 heterocycles. The standard InChI is InChI=1S/C13H12N2O/c1-9-3-5-11(14-7-9)13(16)12-6-4-10(2)8-15-12/h3-8H,1-2H3. The van der Waals surface area contributed by atoms with Crippen LogP contribution >= 0.6 is 0 Å². The van der Waals surface area contributed by atoms with E-state index in [1.165, 1.54) is 0 Å². The lowest BCUT2D eigenvalue weighted by atomic mass is 10.1. The number of pyridine rings is 2. The smallest absolute Gasteiger partial charge is 0.229 e. The molecule has 0 fully saturated rings. The summed E-state index contributed by atoms with van der Waals surface area (Å²) in [4.78, 5) is 20.1. The Morgan fingerprint density at radius 3 is 1.62 bits per heavy atom. The summed E-state index contributed by atoms with van der Waals surface area (Å²) in [5.41, 5.74) is 2.94. The fourth-order valence-electron chi connectivity index (χ4n) is 1.34. The molecule has 0 saturated carbocycles. The van der Waals surface area contributed by atoms with Gasteiger partial charge in [-0.2, -0.15) is 0 Å². The molecule has 0 aliphatic heterocycles. The molecule has 2 rings (SSSR count). The number of hydrogen-bond donors (Lipinski definition) is 0. The lowest BCUT2D eigenvalue weighted by molar-refractivity contribution is 0.103. The van der Waals surface area contributed by atoms with E-state index < -0.39 is 0 Å². The highest BCUT2D eigenvalue weighted by atomic mass is 16.1. The van der Waals surface area contributed by atoms with Crippen molar-refractivity contribution in [1.29, 1.82) is 0 Å². The highest BCUT2D eigenvalue weighted by Crippen LogP contribution is 2.06. The van der Waals surface area contributed by atoms with Gasteiger partial charge in [-0.05, 0) is 37.1 Å². The Bertz CT molecular complexity index is 453. The first kappa shape index (κ1) is 10.5. The average Bonchev–Trinajstić information content (AvgIpc) is 2.30. The van der Waals surface area contributed by atoms with Gasteiger partial charge in [0.25, 0.3) is 0 Å². The molecule has 0 bridgehead atoms. The molecule has 0 aliphatic carbocycles. The van der Waals surface area contributed by atoms with Gasteiger partial charge in [-0.1, -0.05) is 12.1 Å². The molecular weight excluding hydrogens is 200 g/mol. The number of carbonyl (C=O) groups excluding carboxylic acids is 1. The van der Waals surface area contributed by atoms with Gasteiger partial charge in [0, 0.05) is 12.4 Å². The predicted molar refractivity (Wildman–Crippen MR) is 61.4 cm³/mol. The Kier molecular flexibility index (Phi) is 2.77. The quantitative estimate of drug-likeness (QED) is 0.717. The van der Waals surface area contributed by atoms with Gasteiger partial charge in [0.15, 0.2) is 0 Å². The molecular formula is C13H12N2O. The lowest BCUT2D eigenvalue weighted by Crippen LogP contribution is -2.06. The molecule has 0 unspecified atom stereocenters. The Morgan fingerprint density at radius 1 is 0.875 bits per heavy atom. The highest BCUT2D eigenvalue weighted by molar-refractivity contribution is 6.06. The van der Waals surface area contributed by atoms with Crippen LogP contribution in [0.15, 0.2) is 36.7 Å². The molecule has 0 saturated heterocycles. The third kappa shape index (κ3) is 2.14. The van der Waals surface area contributed by atoms with Crippen LogP contribution in [-0.4, -0.2) is 15.8 Å². The predicted octanol–water partition coefficient (Wildman–Crippen LogP) is 2.32. The van der Waals surface area contributed by atoms with Gasteiger partial charge in [0.2, 0.25) is 5.78 Å². The molecule has 16 heavy (non-hydrogen) atoms. The fourth-order valence-corrected chi connectivity index (χ4v) is 1.34. The lowest BCUT2D eigenvalue weighted by Gasteiger charge is -2.00. The van der Waals surface area contributed by atoms with Crippen LogP contribution in [0.25, 0.3) is 0 Å².